The van der Waals surface area contributed by atoms with Crippen LogP contribution >= 0.6 is 0 Å². The number of nitrogens with one attached hydrogen (secondary N) is 2. The van der Waals surface area contributed by atoms with Gasteiger partial charge < -0.3 is 41.3 Å². The van der Waals surface area contributed by atoms with E-state index in [1.807, 2.05) is 44.2 Å². The number of aliphatic hydroxyl groups excluding tert-OH is 4. The average molecular weight is 708 g/mol. The maximum atomic E-state index is 12.3. The Bertz CT molecular complexity index is 1490. The van der Waals surface area contributed by atoms with Crippen LogP contribution in [0.5, 0.6) is 11.5 Å². The number of nitrogens with zero attached hydrogens (tertiary/aromatic N) is 3. The smallest absolute Gasteiger partial charge is 0.255 e. The van der Waals surface area contributed by atoms with Crippen molar-refractivity contribution in [2.75, 3.05) is 63.1 Å². The quantitative estimate of drug-likeness (QED) is 0.129. The van der Waals surface area contributed by atoms with Crippen molar-refractivity contribution in [2.24, 2.45) is 0 Å². The van der Waals surface area contributed by atoms with Crippen LogP contribution in [-0.4, -0.2) is 122 Å². The van der Waals surface area contributed by atoms with Crippen LogP contribution in [0.3, 0.4) is 0 Å². The molecule has 3 aromatic carbocycles. The highest BCUT2D eigenvalue weighted by atomic mass is 16.3. The van der Waals surface area contributed by atoms with E-state index in [9.17, 15) is 40.2 Å². The van der Waals surface area contributed by atoms with E-state index in [1.165, 1.54) is 5.56 Å². The van der Waals surface area contributed by atoms with E-state index in [2.05, 4.69) is 37.5 Å². The molecule has 13 heteroatoms. The van der Waals surface area contributed by atoms with Crippen LogP contribution in [0.25, 0.3) is 0 Å². The fourth-order valence-corrected chi connectivity index (χ4v) is 6.42. The number of benzene rings is 3. The van der Waals surface area contributed by atoms with Crippen LogP contribution in [0.4, 0.5) is 11.4 Å². The van der Waals surface area contributed by atoms with Gasteiger partial charge in [-0.3, -0.25) is 24.3 Å². The predicted molar refractivity (Wildman–Crippen MR) is 195 cm³/mol. The van der Waals surface area contributed by atoms with Gasteiger partial charge in [-0.25, -0.2) is 0 Å². The summed E-state index contributed by atoms with van der Waals surface area (Å²) in [5.41, 5.74) is 4.51. The van der Waals surface area contributed by atoms with E-state index < -0.39 is 37.2 Å². The third-order valence-electron chi connectivity index (χ3n) is 9.02. The molecule has 278 valence electrons. The minimum absolute atomic E-state index is 0.0816. The summed E-state index contributed by atoms with van der Waals surface area (Å²) < 4.78 is 0. The zero-order valence-corrected chi connectivity index (χ0v) is 29.6. The number of amides is 2. The zero-order valence-electron chi connectivity index (χ0n) is 29.6. The Hall–Kier alpha value is -4.08. The van der Waals surface area contributed by atoms with Crippen molar-refractivity contribution in [2.45, 2.75) is 65.0 Å². The Balaban J connectivity index is 1.55. The summed E-state index contributed by atoms with van der Waals surface area (Å²) >= 11 is 0. The first-order valence-corrected chi connectivity index (χ1v) is 17.5. The van der Waals surface area contributed by atoms with Crippen molar-refractivity contribution in [3.63, 3.8) is 0 Å². The first kappa shape index (κ1) is 39.7. The molecule has 3 aromatic rings. The van der Waals surface area contributed by atoms with Crippen molar-refractivity contribution < 1.29 is 40.2 Å². The van der Waals surface area contributed by atoms with Crippen molar-refractivity contribution in [3.8, 4) is 11.5 Å². The van der Waals surface area contributed by atoms with E-state index >= 15 is 0 Å². The van der Waals surface area contributed by atoms with Crippen molar-refractivity contribution in [3.05, 3.63) is 82.4 Å². The second-order valence-corrected chi connectivity index (χ2v) is 13.4. The molecule has 0 saturated carbocycles. The Morgan fingerprint density at radius 3 is 1.37 bits per heavy atom. The topological polar surface area (TPSA) is 189 Å². The van der Waals surface area contributed by atoms with Crippen molar-refractivity contribution in [1.82, 2.24) is 14.7 Å². The molecule has 0 aromatic heterocycles. The van der Waals surface area contributed by atoms with Gasteiger partial charge in [0.2, 0.25) is 0 Å². The summed E-state index contributed by atoms with van der Waals surface area (Å²) in [4.78, 5) is 31.6. The first-order chi connectivity index (χ1) is 24.5. The predicted octanol–water partition coefficient (Wildman–Crippen LogP) is 2.29. The number of aromatic hydroxyl groups is 2. The SMILES string of the molecule is Cc1cc(CN2CCCN(Cc3ccccc3)CCCN(Cc3cc(C)cc(NC(=O)C(O)CO)c3O)CCC2)c(O)c(NC(=O)C(O)CO)c1. The van der Waals surface area contributed by atoms with Gasteiger partial charge in [-0.1, -0.05) is 42.5 Å². The summed E-state index contributed by atoms with van der Waals surface area (Å²) in [6, 6.07) is 17.4. The molecule has 0 aliphatic carbocycles. The molecule has 1 aliphatic heterocycles. The second-order valence-electron chi connectivity index (χ2n) is 13.4. The first-order valence-electron chi connectivity index (χ1n) is 17.5. The van der Waals surface area contributed by atoms with Crippen LogP contribution in [0.15, 0.2) is 54.6 Å². The van der Waals surface area contributed by atoms with Gasteiger partial charge in [0.1, 0.15) is 11.5 Å². The van der Waals surface area contributed by atoms with Crippen LogP contribution in [0.2, 0.25) is 0 Å². The fourth-order valence-electron chi connectivity index (χ4n) is 6.42. The molecular weight excluding hydrogens is 654 g/mol. The summed E-state index contributed by atoms with van der Waals surface area (Å²) in [5, 5.41) is 65.2. The summed E-state index contributed by atoms with van der Waals surface area (Å²) in [5.74, 6) is -1.76. The molecule has 4 rings (SSSR count). The van der Waals surface area contributed by atoms with Gasteiger partial charge >= 0.3 is 0 Å². The molecular formula is C38H53N5O8. The molecule has 0 spiro atoms. The van der Waals surface area contributed by atoms with E-state index in [4.69, 9.17) is 0 Å². The minimum Gasteiger partial charge on any atom is -0.505 e. The van der Waals surface area contributed by atoms with Gasteiger partial charge in [0.25, 0.3) is 11.8 Å². The van der Waals surface area contributed by atoms with E-state index in [0.717, 1.165) is 63.1 Å². The average Bonchev–Trinajstić information content (AvgIpc) is 3.10. The molecule has 2 amide bonds. The van der Waals surface area contributed by atoms with Gasteiger partial charge in [-0.2, -0.15) is 0 Å². The van der Waals surface area contributed by atoms with Crippen molar-refractivity contribution >= 4 is 23.2 Å². The van der Waals surface area contributed by atoms with Gasteiger partial charge in [-0.15, -0.1) is 0 Å². The number of anilines is 2. The minimum atomic E-state index is -1.60. The lowest BCUT2D eigenvalue weighted by molar-refractivity contribution is -0.126. The highest BCUT2D eigenvalue weighted by molar-refractivity contribution is 5.96. The summed E-state index contributed by atoms with van der Waals surface area (Å²) in [7, 11) is 0. The van der Waals surface area contributed by atoms with Crippen molar-refractivity contribution in [1.29, 1.82) is 0 Å². The number of aryl methyl sites for hydroxylation is 2. The van der Waals surface area contributed by atoms with E-state index in [1.54, 1.807) is 12.1 Å². The van der Waals surface area contributed by atoms with Gasteiger partial charge in [0.15, 0.2) is 12.2 Å². The highest BCUT2D eigenvalue weighted by Gasteiger charge is 2.21. The highest BCUT2D eigenvalue weighted by Crippen LogP contribution is 2.32. The lowest BCUT2D eigenvalue weighted by atomic mass is 10.1. The maximum Gasteiger partial charge on any atom is 0.255 e. The normalized spacial score (nSPS) is 16.8. The number of hydrogen-bond acceptors (Lipinski definition) is 11. The molecule has 1 aliphatic rings. The number of rotatable bonds is 12. The molecule has 1 fully saturated rings. The molecule has 2 atom stereocenters. The third-order valence-corrected chi connectivity index (χ3v) is 9.02. The van der Waals surface area contributed by atoms with E-state index in [-0.39, 0.29) is 22.9 Å². The maximum absolute atomic E-state index is 12.3. The summed E-state index contributed by atoms with van der Waals surface area (Å²) in [6.45, 7) is 8.64. The van der Waals surface area contributed by atoms with Crippen LogP contribution < -0.4 is 10.6 Å². The summed E-state index contributed by atoms with van der Waals surface area (Å²) in [6.07, 6.45) is -0.586. The number of carbonyl (C=O) groups is 2. The molecule has 1 heterocycles. The number of phenols is 2. The van der Waals surface area contributed by atoms with E-state index in [0.29, 0.717) is 37.3 Å². The standard InChI is InChI=1S/C38H53N5O8/c1-26-17-29(35(48)31(19-26)39-37(50)33(46)24-44)22-42-13-6-11-41(21-28-9-4-3-5-10-28)12-7-14-43(16-8-15-42)23-30-18-27(2)20-32(36(30)49)40-38(51)34(47)25-45/h3-5,9-10,17-20,33-34,44-49H,6-8,11-16,21-25H2,1-2H3,(H,39,50)(H,40,51). The zero-order chi connectivity index (χ0) is 36.9. The molecule has 8 N–H and O–H groups in total. The molecule has 13 nitrogen and oxygen atoms in total. The van der Waals surface area contributed by atoms with Crippen LogP contribution in [-0.2, 0) is 29.2 Å². The number of phenolic OH excluding ortho intramolecular Hbond substituents is 2. The Kier molecular flexibility index (Phi) is 15.2. The Morgan fingerprint density at radius 2 is 1.00 bits per heavy atom. The number of carbonyl (C=O) groups excluding carboxylic acids is 2. The lowest BCUT2D eigenvalue weighted by Crippen LogP contribution is -2.36. The molecule has 0 bridgehead atoms. The fraction of sp³-hybridized carbons (Fsp3) is 0.474. The van der Waals surface area contributed by atoms with Gasteiger partial charge in [0.05, 0.1) is 24.6 Å². The number of aliphatic hydroxyl groups is 4. The van der Waals surface area contributed by atoms with Crippen LogP contribution in [0.1, 0.15) is 47.1 Å². The second kappa shape index (κ2) is 19.5. The third kappa shape index (κ3) is 12.0. The Morgan fingerprint density at radius 1 is 0.627 bits per heavy atom. The molecule has 1 saturated heterocycles. The number of hydrogen-bond donors (Lipinski definition) is 8. The lowest BCUT2D eigenvalue weighted by Gasteiger charge is -2.31. The largest absolute Gasteiger partial charge is 0.505 e. The van der Waals surface area contributed by atoms with Crippen LogP contribution in [0, 0.1) is 13.8 Å². The molecule has 0 radical (unpaired) electrons. The molecule has 51 heavy (non-hydrogen) atoms. The van der Waals surface area contributed by atoms with Gasteiger partial charge in [-0.05, 0) is 101 Å². The Labute approximate surface area is 299 Å². The molecule has 2 unspecified atom stereocenters. The van der Waals surface area contributed by atoms with Gasteiger partial charge in [0, 0.05) is 30.8 Å². The monoisotopic (exact) mass is 707 g/mol.